The Morgan fingerprint density at radius 3 is 2.79 bits per heavy atom. The molecule has 182 valence electrons. The SMILES string of the molecule is Cn1ccc(-c2cn([C@@H]3O[C@H](C(=O)NCCCN4CCCC4)[C@@H](O)[C@H]3O)c3ncnc(N)c23)n1. The highest BCUT2D eigenvalue weighted by atomic mass is 16.6. The number of ether oxygens (including phenoxy) is 1. The van der Waals surface area contributed by atoms with Gasteiger partial charge in [-0.2, -0.15) is 5.10 Å². The Morgan fingerprint density at radius 1 is 1.26 bits per heavy atom. The molecule has 2 fully saturated rings. The van der Waals surface area contributed by atoms with Crippen molar-refractivity contribution in [3.05, 3.63) is 24.8 Å². The lowest BCUT2D eigenvalue weighted by Crippen LogP contribution is -2.43. The van der Waals surface area contributed by atoms with Crippen LogP contribution in [0.25, 0.3) is 22.3 Å². The van der Waals surface area contributed by atoms with E-state index in [1.165, 1.54) is 19.2 Å². The zero-order chi connectivity index (χ0) is 23.8. The summed E-state index contributed by atoms with van der Waals surface area (Å²) in [7, 11) is 1.80. The van der Waals surface area contributed by atoms with E-state index in [2.05, 4.69) is 25.3 Å². The molecule has 0 aliphatic carbocycles. The van der Waals surface area contributed by atoms with Crippen LogP contribution in [0.2, 0.25) is 0 Å². The first-order valence-corrected chi connectivity index (χ1v) is 11.6. The van der Waals surface area contributed by atoms with Gasteiger partial charge in [0.15, 0.2) is 12.3 Å². The maximum absolute atomic E-state index is 12.7. The van der Waals surface area contributed by atoms with Gasteiger partial charge >= 0.3 is 0 Å². The van der Waals surface area contributed by atoms with Crippen LogP contribution in [0.15, 0.2) is 24.8 Å². The van der Waals surface area contributed by atoms with Crippen molar-refractivity contribution >= 4 is 22.8 Å². The maximum atomic E-state index is 12.7. The number of aliphatic hydroxyl groups is 2. The number of nitrogens with one attached hydrogen (secondary N) is 1. The summed E-state index contributed by atoms with van der Waals surface area (Å²) >= 11 is 0. The number of carbonyl (C=O) groups is 1. The average molecular weight is 471 g/mol. The second-order valence-electron chi connectivity index (χ2n) is 8.90. The molecular formula is C22H30N8O4. The predicted molar refractivity (Wildman–Crippen MR) is 123 cm³/mol. The van der Waals surface area contributed by atoms with Crippen molar-refractivity contribution in [1.82, 2.24) is 34.5 Å². The Labute approximate surface area is 196 Å². The summed E-state index contributed by atoms with van der Waals surface area (Å²) in [5, 5.41) is 29.2. The number of anilines is 1. The van der Waals surface area contributed by atoms with Crippen molar-refractivity contribution in [1.29, 1.82) is 0 Å². The van der Waals surface area contributed by atoms with E-state index in [0.29, 0.717) is 28.8 Å². The summed E-state index contributed by atoms with van der Waals surface area (Å²) in [6.07, 6.45) is 3.10. The number of nitrogens with zero attached hydrogens (tertiary/aromatic N) is 6. The van der Waals surface area contributed by atoms with Crippen molar-refractivity contribution in [3.8, 4) is 11.3 Å². The van der Waals surface area contributed by atoms with Gasteiger partial charge in [0.25, 0.3) is 5.91 Å². The summed E-state index contributed by atoms with van der Waals surface area (Å²) in [4.78, 5) is 23.5. The summed E-state index contributed by atoms with van der Waals surface area (Å²) in [6, 6.07) is 1.82. The summed E-state index contributed by atoms with van der Waals surface area (Å²) < 4.78 is 9.12. The van der Waals surface area contributed by atoms with Crippen molar-refractivity contribution in [3.63, 3.8) is 0 Å². The van der Waals surface area contributed by atoms with E-state index in [1.54, 1.807) is 28.7 Å². The van der Waals surface area contributed by atoms with Crippen LogP contribution >= 0.6 is 0 Å². The second kappa shape index (κ2) is 9.29. The van der Waals surface area contributed by atoms with Crippen LogP contribution in [0.3, 0.4) is 0 Å². The van der Waals surface area contributed by atoms with E-state index in [-0.39, 0.29) is 5.82 Å². The Kier molecular flexibility index (Phi) is 6.21. The predicted octanol–water partition coefficient (Wildman–Crippen LogP) is -0.365. The number of hydrogen-bond donors (Lipinski definition) is 4. The largest absolute Gasteiger partial charge is 0.387 e. The molecule has 12 heteroatoms. The Bertz CT molecular complexity index is 1170. The first kappa shape index (κ1) is 22.7. The van der Waals surface area contributed by atoms with Crippen LogP contribution in [0.1, 0.15) is 25.5 Å². The van der Waals surface area contributed by atoms with Gasteiger partial charge in [-0.1, -0.05) is 0 Å². The van der Waals surface area contributed by atoms with Gasteiger partial charge in [-0.25, -0.2) is 9.97 Å². The molecule has 0 saturated carbocycles. The van der Waals surface area contributed by atoms with Gasteiger partial charge in [-0.05, 0) is 45.0 Å². The molecule has 2 saturated heterocycles. The number of rotatable bonds is 7. The van der Waals surface area contributed by atoms with Gasteiger partial charge in [0.2, 0.25) is 0 Å². The number of aliphatic hydroxyl groups excluding tert-OH is 2. The minimum absolute atomic E-state index is 0.254. The lowest BCUT2D eigenvalue weighted by atomic mass is 10.1. The average Bonchev–Trinajstić information content (AvgIpc) is 3.60. The number of hydrogen-bond acceptors (Lipinski definition) is 9. The number of carbonyl (C=O) groups excluding carboxylic acids is 1. The standard InChI is InChI=1S/C22H30N8O4/c1-28-10-5-14(27-28)13-11-30(20-15(13)19(23)25-12-26-20)22-17(32)16(31)18(34-22)21(33)24-6-4-9-29-7-2-3-8-29/h5,10-12,16-18,22,31-32H,2-4,6-9H2,1H3,(H,24,33)(H2,23,25,26)/t16-,17+,18-,22+/m0/s1. The summed E-state index contributed by atoms with van der Waals surface area (Å²) in [6.45, 7) is 3.60. The van der Waals surface area contributed by atoms with E-state index in [1.807, 2.05) is 6.07 Å². The molecule has 0 radical (unpaired) electrons. The lowest BCUT2D eigenvalue weighted by molar-refractivity contribution is -0.137. The third kappa shape index (κ3) is 4.13. The van der Waals surface area contributed by atoms with E-state index in [4.69, 9.17) is 10.5 Å². The number of nitrogens with two attached hydrogens (primary N) is 1. The van der Waals surface area contributed by atoms with Crippen molar-refractivity contribution < 1.29 is 19.7 Å². The van der Waals surface area contributed by atoms with Crippen LogP contribution in [0.5, 0.6) is 0 Å². The quantitative estimate of drug-likeness (QED) is 0.338. The van der Waals surface area contributed by atoms with Crippen molar-refractivity contribution in [2.45, 2.75) is 43.8 Å². The van der Waals surface area contributed by atoms with E-state index in [0.717, 1.165) is 26.1 Å². The monoisotopic (exact) mass is 470 g/mol. The molecule has 3 aromatic rings. The fourth-order valence-electron chi connectivity index (χ4n) is 4.78. The van der Waals surface area contributed by atoms with Crippen LogP contribution in [-0.2, 0) is 16.6 Å². The smallest absolute Gasteiger partial charge is 0.252 e. The fourth-order valence-corrected chi connectivity index (χ4v) is 4.78. The first-order valence-electron chi connectivity index (χ1n) is 11.6. The lowest BCUT2D eigenvalue weighted by Gasteiger charge is -2.17. The number of likely N-dealkylation sites (tertiary alicyclic amines) is 1. The van der Waals surface area contributed by atoms with Crippen LogP contribution in [0, 0.1) is 0 Å². The second-order valence-corrected chi connectivity index (χ2v) is 8.90. The maximum Gasteiger partial charge on any atom is 0.252 e. The minimum atomic E-state index is -1.39. The Morgan fingerprint density at radius 2 is 2.06 bits per heavy atom. The highest BCUT2D eigenvalue weighted by Gasteiger charge is 2.47. The third-order valence-corrected chi connectivity index (χ3v) is 6.55. The van der Waals surface area contributed by atoms with E-state index >= 15 is 0 Å². The molecule has 0 bridgehead atoms. The molecule has 1 amide bonds. The summed E-state index contributed by atoms with van der Waals surface area (Å²) in [5.41, 5.74) is 7.86. The zero-order valence-corrected chi connectivity index (χ0v) is 19.0. The van der Waals surface area contributed by atoms with Crippen LogP contribution in [0.4, 0.5) is 5.82 Å². The topological polar surface area (TPSA) is 157 Å². The van der Waals surface area contributed by atoms with Crippen LogP contribution < -0.4 is 11.1 Å². The van der Waals surface area contributed by atoms with E-state index in [9.17, 15) is 15.0 Å². The van der Waals surface area contributed by atoms with Gasteiger partial charge in [0, 0.05) is 31.5 Å². The van der Waals surface area contributed by atoms with Gasteiger partial charge < -0.3 is 35.5 Å². The van der Waals surface area contributed by atoms with Gasteiger partial charge in [0.1, 0.15) is 30.0 Å². The number of amides is 1. The Hall–Kier alpha value is -3.06. The molecule has 5 N–H and O–H groups in total. The van der Waals surface area contributed by atoms with Crippen LogP contribution in [-0.4, -0.2) is 89.8 Å². The molecule has 2 aliphatic rings. The number of aryl methyl sites for hydroxylation is 1. The molecule has 2 aliphatic heterocycles. The molecule has 34 heavy (non-hydrogen) atoms. The molecule has 4 atom stereocenters. The van der Waals surface area contributed by atoms with E-state index < -0.39 is 30.4 Å². The highest BCUT2D eigenvalue weighted by molar-refractivity contribution is 5.99. The molecular weight excluding hydrogens is 440 g/mol. The first-order chi connectivity index (χ1) is 16.4. The van der Waals surface area contributed by atoms with Gasteiger partial charge in [-0.15, -0.1) is 0 Å². The number of fused-ring (bicyclic) bond motifs is 1. The normalized spacial score (nSPS) is 25.4. The van der Waals surface area contributed by atoms with Gasteiger partial charge in [0.05, 0.1) is 11.1 Å². The third-order valence-electron chi connectivity index (χ3n) is 6.55. The molecule has 5 heterocycles. The van der Waals surface area contributed by atoms with Crippen molar-refractivity contribution in [2.24, 2.45) is 7.05 Å². The molecule has 12 nitrogen and oxygen atoms in total. The molecule has 0 spiro atoms. The zero-order valence-electron chi connectivity index (χ0n) is 19.0. The van der Waals surface area contributed by atoms with Gasteiger partial charge in [-0.3, -0.25) is 9.48 Å². The minimum Gasteiger partial charge on any atom is -0.387 e. The number of aromatic nitrogens is 5. The molecule has 5 rings (SSSR count). The van der Waals surface area contributed by atoms with Crippen molar-refractivity contribution in [2.75, 3.05) is 31.9 Å². The summed E-state index contributed by atoms with van der Waals surface area (Å²) in [5.74, 6) is -0.198. The Balaban J connectivity index is 1.34. The molecule has 3 aromatic heterocycles. The highest BCUT2D eigenvalue weighted by Crippen LogP contribution is 2.37. The number of nitrogen functional groups attached to an aromatic ring is 1. The fraction of sp³-hybridized carbons (Fsp3) is 0.545. The molecule has 0 unspecified atom stereocenters. The molecule has 0 aromatic carbocycles.